The van der Waals surface area contributed by atoms with E-state index in [4.69, 9.17) is 5.11 Å². The maximum atomic E-state index is 12.3. The van der Waals surface area contributed by atoms with Crippen molar-refractivity contribution >= 4 is 17.1 Å². The molecule has 0 aliphatic heterocycles. The zero-order chi connectivity index (χ0) is 16.4. The first-order valence-corrected chi connectivity index (χ1v) is 7.28. The number of aromatic nitrogens is 4. The third-order valence-electron chi connectivity index (χ3n) is 3.81. The van der Waals surface area contributed by atoms with Crippen molar-refractivity contribution in [2.45, 2.75) is 45.6 Å². The minimum Gasteiger partial charge on any atom is -0.481 e. The Labute approximate surface area is 126 Å². The number of aromatic amines is 1. The van der Waals surface area contributed by atoms with Gasteiger partial charge in [-0.1, -0.05) is 6.92 Å². The van der Waals surface area contributed by atoms with Crippen LogP contribution in [0.2, 0.25) is 0 Å². The van der Waals surface area contributed by atoms with E-state index in [1.807, 2.05) is 13.8 Å². The molecule has 0 aliphatic rings. The third kappa shape index (κ3) is 2.81. The highest BCUT2D eigenvalue weighted by Gasteiger charge is 2.18. The number of hydrogen-bond acceptors (Lipinski definition) is 4. The molecule has 8 heteroatoms. The van der Waals surface area contributed by atoms with E-state index in [-0.39, 0.29) is 18.0 Å². The van der Waals surface area contributed by atoms with Crippen LogP contribution in [0.25, 0.3) is 11.2 Å². The number of nitrogens with zero attached hydrogens (tertiary/aromatic N) is 3. The molecule has 2 N–H and O–H groups in total. The molecule has 2 heterocycles. The van der Waals surface area contributed by atoms with Crippen LogP contribution < -0.4 is 11.2 Å². The van der Waals surface area contributed by atoms with Gasteiger partial charge in [-0.05, 0) is 19.8 Å². The average Bonchev–Trinajstić information content (AvgIpc) is 2.88. The summed E-state index contributed by atoms with van der Waals surface area (Å²) >= 11 is 0. The third-order valence-corrected chi connectivity index (χ3v) is 3.81. The Bertz CT molecular complexity index is 815. The quantitative estimate of drug-likeness (QED) is 0.820. The number of rotatable bonds is 6. The van der Waals surface area contributed by atoms with Crippen molar-refractivity contribution in [2.75, 3.05) is 0 Å². The van der Waals surface area contributed by atoms with E-state index in [0.717, 1.165) is 11.0 Å². The fourth-order valence-corrected chi connectivity index (χ4v) is 2.35. The average molecular weight is 308 g/mol. The van der Waals surface area contributed by atoms with Gasteiger partial charge in [0.15, 0.2) is 5.65 Å². The Morgan fingerprint density at radius 1 is 1.41 bits per heavy atom. The van der Waals surface area contributed by atoms with Gasteiger partial charge >= 0.3 is 11.7 Å². The van der Waals surface area contributed by atoms with E-state index < -0.39 is 17.2 Å². The molecule has 0 amide bonds. The fourth-order valence-electron chi connectivity index (χ4n) is 2.35. The molecule has 0 aromatic carbocycles. The molecule has 0 saturated carbocycles. The van der Waals surface area contributed by atoms with Gasteiger partial charge in [-0.15, -0.1) is 0 Å². The first kappa shape index (κ1) is 16.0. The molecule has 120 valence electrons. The van der Waals surface area contributed by atoms with Gasteiger partial charge in [0, 0.05) is 25.9 Å². The van der Waals surface area contributed by atoms with Crippen LogP contribution in [0.4, 0.5) is 0 Å². The van der Waals surface area contributed by atoms with E-state index in [0.29, 0.717) is 24.3 Å². The largest absolute Gasteiger partial charge is 0.481 e. The molecule has 0 saturated heterocycles. The van der Waals surface area contributed by atoms with E-state index in [2.05, 4.69) is 9.97 Å². The number of carboxylic acid groups (broad SMARTS) is 1. The summed E-state index contributed by atoms with van der Waals surface area (Å²) in [6, 6.07) is -0.0861. The van der Waals surface area contributed by atoms with Crippen LogP contribution in [0.15, 0.2) is 9.59 Å². The molecule has 0 fully saturated rings. The van der Waals surface area contributed by atoms with Gasteiger partial charge in [-0.25, -0.2) is 9.78 Å². The molecule has 0 bridgehead atoms. The Morgan fingerprint density at radius 3 is 2.68 bits per heavy atom. The lowest BCUT2D eigenvalue weighted by atomic mass is 10.2. The van der Waals surface area contributed by atoms with Crippen LogP contribution in [0.3, 0.4) is 0 Å². The van der Waals surface area contributed by atoms with E-state index in [1.165, 1.54) is 11.6 Å². The summed E-state index contributed by atoms with van der Waals surface area (Å²) in [4.78, 5) is 42.3. The van der Waals surface area contributed by atoms with Gasteiger partial charge < -0.3 is 10.1 Å². The van der Waals surface area contributed by atoms with Crippen molar-refractivity contribution in [1.29, 1.82) is 0 Å². The minimum atomic E-state index is -0.872. The predicted molar refractivity (Wildman–Crippen MR) is 81.2 cm³/mol. The lowest BCUT2D eigenvalue weighted by molar-refractivity contribution is -0.137. The number of aliphatic carboxylic acids is 1. The van der Waals surface area contributed by atoms with Gasteiger partial charge in [-0.2, -0.15) is 0 Å². The molecule has 2 rings (SSSR count). The first-order chi connectivity index (χ1) is 10.4. The standard InChI is InChI=1S/C14H20N4O4/c1-4-8(2)18-12-11(13(21)17(3)14(18)22)15-9(16-12)6-5-7-10(19)20/h8H,4-7H2,1-3H3,(H,15,16)(H,19,20). The summed E-state index contributed by atoms with van der Waals surface area (Å²) < 4.78 is 2.57. The molecule has 0 radical (unpaired) electrons. The summed E-state index contributed by atoms with van der Waals surface area (Å²) in [5, 5.41) is 8.67. The van der Waals surface area contributed by atoms with Crippen LogP contribution in [0.5, 0.6) is 0 Å². The number of fused-ring (bicyclic) bond motifs is 1. The molecule has 1 atom stereocenters. The number of aryl methyl sites for hydroxylation is 1. The van der Waals surface area contributed by atoms with Crippen molar-refractivity contribution in [2.24, 2.45) is 7.05 Å². The van der Waals surface area contributed by atoms with E-state index >= 15 is 0 Å². The maximum Gasteiger partial charge on any atom is 0.332 e. The van der Waals surface area contributed by atoms with Crippen LogP contribution in [0, 0.1) is 0 Å². The van der Waals surface area contributed by atoms with Crippen LogP contribution in [-0.2, 0) is 18.3 Å². The Morgan fingerprint density at radius 2 is 2.09 bits per heavy atom. The molecule has 2 aromatic rings. The Hall–Kier alpha value is -2.38. The zero-order valence-corrected chi connectivity index (χ0v) is 12.9. The SMILES string of the molecule is CCC(C)n1c(=O)n(C)c(=O)c2[nH]c(CCCC(=O)O)nc21. The van der Waals surface area contributed by atoms with Crippen LogP contribution in [0.1, 0.15) is 45.0 Å². The smallest absolute Gasteiger partial charge is 0.332 e. The molecular weight excluding hydrogens is 288 g/mol. The van der Waals surface area contributed by atoms with Gasteiger partial charge in [0.25, 0.3) is 5.56 Å². The summed E-state index contributed by atoms with van der Waals surface area (Å²) in [6.07, 6.45) is 1.60. The van der Waals surface area contributed by atoms with Gasteiger partial charge in [0.05, 0.1) is 0 Å². The number of hydrogen-bond donors (Lipinski definition) is 2. The second-order valence-electron chi connectivity index (χ2n) is 5.40. The van der Waals surface area contributed by atoms with Gasteiger partial charge in [0.1, 0.15) is 11.3 Å². The molecule has 0 aliphatic carbocycles. The summed E-state index contributed by atoms with van der Waals surface area (Å²) in [5.41, 5.74) is -0.188. The number of H-pyrrole nitrogens is 1. The Balaban J connectivity index is 2.54. The highest BCUT2D eigenvalue weighted by atomic mass is 16.4. The summed E-state index contributed by atoms with van der Waals surface area (Å²) in [5.74, 6) is -0.348. The number of imidazole rings is 1. The topological polar surface area (TPSA) is 110 Å². The van der Waals surface area contributed by atoms with Gasteiger partial charge in [0.2, 0.25) is 0 Å². The molecule has 2 aromatic heterocycles. The molecule has 22 heavy (non-hydrogen) atoms. The number of carbonyl (C=O) groups is 1. The molecule has 1 unspecified atom stereocenters. The van der Waals surface area contributed by atoms with Crippen molar-refractivity contribution in [3.05, 3.63) is 26.7 Å². The minimum absolute atomic E-state index is 0.0349. The highest BCUT2D eigenvalue weighted by molar-refractivity contribution is 5.70. The van der Waals surface area contributed by atoms with Crippen LogP contribution >= 0.6 is 0 Å². The summed E-state index contributed by atoms with van der Waals surface area (Å²) in [6.45, 7) is 3.85. The van der Waals surface area contributed by atoms with E-state index in [9.17, 15) is 14.4 Å². The zero-order valence-electron chi connectivity index (χ0n) is 12.9. The number of carboxylic acids is 1. The molecule has 0 spiro atoms. The highest BCUT2D eigenvalue weighted by Crippen LogP contribution is 2.14. The van der Waals surface area contributed by atoms with Gasteiger partial charge in [-0.3, -0.25) is 18.7 Å². The Kier molecular flexibility index (Phi) is 4.48. The van der Waals surface area contributed by atoms with E-state index in [1.54, 1.807) is 0 Å². The van der Waals surface area contributed by atoms with Crippen molar-refractivity contribution in [3.8, 4) is 0 Å². The second kappa shape index (κ2) is 6.17. The second-order valence-corrected chi connectivity index (χ2v) is 5.40. The first-order valence-electron chi connectivity index (χ1n) is 7.28. The molecular formula is C14H20N4O4. The lowest BCUT2D eigenvalue weighted by Gasteiger charge is -2.14. The lowest BCUT2D eigenvalue weighted by Crippen LogP contribution is -2.39. The fraction of sp³-hybridized carbons (Fsp3) is 0.571. The predicted octanol–water partition coefficient (Wildman–Crippen LogP) is 0.802. The monoisotopic (exact) mass is 308 g/mol. The van der Waals surface area contributed by atoms with Crippen molar-refractivity contribution < 1.29 is 9.90 Å². The van der Waals surface area contributed by atoms with Crippen molar-refractivity contribution in [3.63, 3.8) is 0 Å². The summed E-state index contributed by atoms with van der Waals surface area (Å²) in [7, 11) is 1.44. The normalized spacial score (nSPS) is 12.7. The molecule has 8 nitrogen and oxygen atoms in total. The number of nitrogens with one attached hydrogen (secondary N) is 1. The van der Waals surface area contributed by atoms with Crippen molar-refractivity contribution in [1.82, 2.24) is 19.1 Å². The maximum absolute atomic E-state index is 12.3. The van der Waals surface area contributed by atoms with Crippen LogP contribution in [-0.4, -0.2) is 30.2 Å².